The smallest absolute Gasteiger partial charge is 0.223 e. The number of benzene rings is 1. The van der Waals surface area contributed by atoms with Crippen LogP contribution in [0.1, 0.15) is 32.1 Å². The molecule has 0 bridgehead atoms. The van der Waals surface area contributed by atoms with E-state index in [0.29, 0.717) is 35.2 Å². The van der Waals surface area contributed by atoms with Gasteiger partial charge in [-0.05, 0) is 37.8 Å². The summed E-state index contributed by atoms with van der Waals surface area (Å²) in [6.45, 7) is 0.374. The number of halogens is 2. The lowest BCUT2D eigenvalue weighted by Crippen LogP contribution is -2.53. The number of carbonyl (C=O) groups excluding carboxylic acids is 1. The molecule has 0 N–H and O–H groups in total. The maximum absolute atomic E-state index is 12.1. The molecule has 0 unspecified atom stereocenters. The van der Waals surface area contributed by atoms with Gasteiger partial charge in [0.2, 0.25) is 5.91 Å². The van der Waals surface area contributed by atoms with E-state index in [1.807, 2.05) is 0 Å². The van der Waals surface area contributed by atoms with Gasteiger partial charge in [0.15, 0.2) is 0 Å². The molecule has 4 nitrogen and oxygen atoms in total. The zero-order chi connectivity index (χ0) is 16.2. The highest BCUT2D eigenvalue weighted by Crippen LogP contribution is 2.36. The van der Waals surface area contributed by atoms with E-state index in [1.54, 1.807) is 30.1 Å². The second kappa shape index (κ2) is 7.21. The van der Waals surface area contributed by atoms with E-state index >= 15 is 0 Å². The quantitative estimate of drug-likeness (QED) is 0.733. The van der Waals surface area contributed by atoms with Crippen LogP contribution in [0.2, 0.25) is 10.0 Å². The molecule has 0 atom stereocenters. The van der Waals surface area contributed by atoms with Gasteiger partial charge in [-0.3, -0.25) is 4.79 Å². The molecule has 2 rings (SSSR count). The Morgan fingerprint density at radius 1 is 1.45 bits per heavy atom. The van der Waals surface area contributed by atoms with Crippen molar-refractivity contribution in [2.75, 3.05) is 13.7 Å². The van der Waals surface area contributed by atoms with E-state index in [9.17, 15) is 10.1 Å². The van der Waals surface area contributed by atoms with Crippen LogP contribution in [0, 0.1) is 11.3 Å². The molecule has 0 aliphatic heterocycles. The highest BCUT2D eigenvalue weighted by Gasteiger charge is 2.43. The molecule has 0 radical (unpaired) electrons. The minimum Gasteiger partial charge on any atom is -0.492 e. The Kier molecular flexibility index (Phi) is 5.55. The summed E-state index contributed by atoms with van der Waals surface area (Å²) >= 11 is 11.9. The third-order valence-electron chi connectivity index (χ3n) is 4.11. The molecule has 1 aromatic carbocycles. The highest BCUT2D eigenvalue weighted by molar-refractivity contribution is 6.42. The van der Waals surface area contributed by atoms with Crippen LogP contribution >= 0.6 is 23.2 Å². The minimum atomic E-state index is -0.589. The van der Waals surface area contributed by atoms with Crippen LogP contribution in [-0.4, -0.2) is 30.0 Å². The summed E-state index contributed by atoms with van der Waals surface area (Å²) in [5.74, 6) is 0.490. The maximum Gasteiger partial charge on any atom is 0.223 e. The predicted molar refractivity (Wildman–Crippen MR) is 86.2 cm³/mol. The minimum absolute atomic E-state index is 0.0259. The lowest BCUT2D eigenvalue weighted by molar-refractivity contribution is -0.136. The van der Waals surface area contributed by atoms with Gasteiger partial charge in [0.1, 0.15) is 16.3 Å². The highest BCUT2D eigenvalue weighted by atomic mass is 35.5. The normalized spacial score (nSPS) is 15.5. The second-order valence-corrected chi connectivity index (χ2v) is 6.24. The Labute approximate surface area is 140 Å². The zero-order valence-corrected chi connectivity index (χ0v) is 14.0. The van der Waals surface area contributed by atoms with Gasteiger partial charge in [0, 0.05) is 13.5 Å². The van der Waals surface area contributed by atoms with Gasteiger partial charge in [-0.15, -0.1) is 0 Å². The van der Waals surface area contributed by atoms with Gasteiger partial charge in [0.25, 0.3) is 0 Å². The van der Waals surface area contributed by atoms with Gasteiger partial charge in [-0.25, -0.2) is 0 Å². The fraction of sp³-hybridized carbons (Fsp3) is 0.500. The van der Waals surface area contributed by atoms with E-state index in [2.05, 4.69) is 6.07 Å². The Morgan fingerprint density at radius 3 is 2.77 bits per heavy atom. The molecule has 118 valence electrons. The molecular formula is C16H18Cl2N2O2. The first-order valence-corrected chi connectivity index (χ1v) is 8.00. The topological polar surface area (TPSA) is 53.3 Å². The van der Waals surface area contributed by atoms with Gasteiger partial charge >= 0.3 is 0 Å². The van der Waals surface area contributed by atoms with E-state index < -0.39 is 5.54 Å². The molecule has 6 heteroatoms. The lowest BCUT2D eigenvalue weighted by Gasteiger charge is -2.43. The van der Waals surface area contributed by atoms with Gasteiger partial charge in [0.05, 0.1) is 17.7 Å². The van der Waals surface area contributed by atoms with Crippen LogP contribution in [0.3, 0.4) is 0 Å². The van der Waals surface area contributed by atoms with Crippen LogP contribution in [0.4, 0.5) is 0 Å². The first-order chi connectivity index (χ1) is 10.5. The third-order valence-corrected chi connectivity index (χ3v) is 4.92. The fourth-order valence-electron chi connectivity index (χ4n) is 2.44. The molecule has 0 heterocycles. The first kappa shape index (κ1) is 16.9. The number of hydrogen-bond acceptors (Lipinski definition) is 3. The van der Waals surface area contributed by atoms with E-state index in [0.717, 1.165) is 19.3 Å². The van der Waals surface area contributed by atoms with Crippen LogP contribution in [0.25, 0.3) is 0 Å². The number of hydrogen-bond donors (Lipinski definition) is 0. The summed E-state index contributed by atoms with van der Waals surface area (Å²) in [5, 5.41) is 10.1. The molecular weight excluding hydrogens is 323 g/mol. The molecule has 0 aromatic heterocycles. The number of ether oxygens (including phenoxy) is 1. The average Bonchev–Trinajstić information content (AvgIpc) is 2.46. The van der Waals surface area contributed by atoms with Crippen molar-refractivity contribution in [1.29, 1.82) is 5.26 Å². The second-order valence-electron chi connectivity index (χ2n) is 5.45. The van der Waals surface area contributed by atoms with Crippen molar-refractivity contribution < 1.29 is 9.53 Å². The summed E-state index contributed by atoms with van der Waals surface area (Å²) in [6, 6.07) is 7.45. The number of rotatable bonds is 6. The molecule has 1 aliphatic carbocycles. The van der Waals surface area contributed by atoms with E-state index in [-0.39, 0.29) is 5.91 Å². The van der Waals surface area contributed by atoms with E-state index in [1.165, 1.54) is 0 Å². The number of amides is 1. The van der Waals surface area contributed by atoms with Gasteiger partial charge in [-0.1, -0.05) is 29.3 Å². The van der Waals surface area contributed by atoms with Crippen molar-refractivity contribution in [2.45, 2.75) is 37.6 Å². The monoisotopic (exact) mass is 340 g/mol. The number of nitriles is 1. The molecule has 0 saturated heterocycles. The van der Waals surface area contributed by atoms with Crippen molar-refractivity contribution in [2.24, 2.45) is 0 Å². The Balaban J connectivity index is 1.78. The summed E-state index contributed by atoms with van der Waals surface area (Å²) in [6.07, 6.45) is 3.44. The Morgan fingerprint density at radius 2 is 2.18 bits per heavy atom. The molecule has 0 spiro atoms. The largest absolute Gasteiger partial charge is 0.492 e. The molecule has 22 heavy (non-hydrogen) atoms. The van der Waals surface area contributed by atoms with E-state index in [4.69, 9.17) is 27.9 Å². The molecule has 1 aromatic rings. The fourth-order valence-corrected chi connectivity index (χ4v) is 2.79. The van der Waals surface area contributed by atoms with Crippen molar-refractivity contribution in [3.8, 4) is 11.8 Å². The Hall–Kier alpha value is -1.44. The number of carbonyl (C=O) groups is 1. The molecule has 1 saturated carbocycles. The van der Waals surface area contributed by atoms with Crippen molar-refractivity contribution in [1.82, 2.24) is 4.90 Å². The summed E-state index contributed by atoms with van der Waals surface area (Å²) in [4.78, 5) is 13.7. The zero-order valence-electron chi connectivity index (χ0n) is 12.4. The van der Waals surface area contributed by atoms with Crippen LogP contribution < -0.4 is 4.74 Å². The average molecular weight is 341 g/mol. The molecule has 1 aliphatic rings. The predicted octanol–water partition coefficient (Wildman–Crippen LogP) is 4.06. The van der Waals surface area contributed by atoms with Gasteiger partial charge < -0.3 is 9.64 Å². The van der Waals surface area contributed by atoms with Gasteiger partial charge in [-0.2, -0.15) is 5.26 Å². The first-order valence-electron chi connectivity index (χ1n) is 7.25. The summed E-state index contributed by atoms with van der Waals surface area (Å²) in [7, 11) is 1.71. The number of nitrogens with zero attached hydrogens (tertiary/aromatic N) is 2. The third kappa shape index (κ3) is 3.48. The summed E-state index contributed by atoms with van der Waals surface area (Å²) in [5.41, 5.74) is -0.589. The van der Waals surface area contributed by atoms with Crippen LogP contribution in [0.5, 0.6) is 5.75 Å². The standard InChI is InChI=1S/C16H18Cl2N2O2/c1-20(16(11-19)8-4-9-16)14(21)7-3-10-22-13-6-2-5-12(17)15(13)18/h2,5-6H,3-4,7-10H2,1H3. The van der Waals surface area contributed by atoms with Crippen LogP contribution in [0.15, 0.2) is 18.2 Å². The van der Waals surface area contributed by atoms with Crippen molar-refractivity contribution in [3.63, 3.8) is 0 Å². The van der Waals surface area contributed by atoms with Crippen molar-refractivity contribution in [3.05, 3.63) is 28.2 Å². The Bertz CT molecular complexity index is 594. The lowest BCUT2D eigenvalue weighted by atomic mass is 9.76. The summed E-state index contributed by atoms with van der Waals surface area (Å²) < 4.78 is 5.55. The maximum atomic E-state index is 12.1. The molecule has 1 fully saturated rings. The SMILES string of the molecule is CN(C(=O)CCCOc1cccc(Cl)c1Cl)C1(C#N)CCC1. The molecule has 1 amide bonds. The van der Waals surface area contributed by atoms with Crippen LogP contribution in [-0.2, 0) is 4.79 Å². The van der Waals surface area contributed by atoms with Crippen molar-refractivity contribution >= 4 is 29.1 Å².